The molecular formula is C20H24N2O6S. The number of amides is 2. The molecule has 0 radical (unpaired) electrons. The molecule has 2 atom stereocenters. The summed E-state index contributed by atoms with van der Waals surface area (Å²) in [4.78, 5) is 23.2. The molecule has 2 amide bonds. The Labute approximate surface area is 169 Å². The fraction of sp³-hybridized carbons (Fsp3) is 0.300. The van der Waals surface area contributed by atoms with Gasteiger partial charge in [0.1, 0.15) is 11.5 Å². The number of hydrogen-bond donors (Lipinski definition) is 4. The van der Waals surface area contributed by atoms with Crippen LogP contribution < -0.4 is 10.6 Å². The second-order valence-electron chi connectivity index (χ2n) is 6.85. The summed E-state index contributed by atoms with van der Waals surface area (Å²) in [7, 11) is -4.21. The summed E-state index contributed by atoms with van der Waals surface area (Å²) in [5.74, 6) is -3.07. The molecule has 2 rings (SSSR count). The van der Waals surface area contributed by atoms with Crippen LogP contribution >= 0.6 is 0 Å². The molecule has 0 saturated heterocycles. The summed E-state index contributed by atoms with van der Waals surface area (Å²) >= 11 is 0. The Balaban J connectivity index is 2.40. The zero-order chi connectivity index (χ0) is 21.7. The molecule has 4 N–H and O–H groups in total. The van der Waals surface area contributed by atoms with Gasteiger partial charge in [-0.25, -0.2) is 8.42 Å². The highest BCUT2D eigenvalue weighted by Gasteiger charge is 2.42. The molecular weight excluding hydrogens is 396 g/mol. The van der Waals surface area contributed by atoms with Gasteiger partial charge in [0.15, 0.2) is 21.3 Å². The molecule has 0 spiro atoms. The van der Waals surface area contributed by atoms with E-state index in [1.54, 1.807) is 36.4 Å². The van der Waals surface area contributed by atoms with E-state index in [1.807, 2.05) is 0 Å². The molecule has 29 heavy (non-hydrogen) atoms. The summed E-state index contributed by atoms with van der Waals surface area (Å²) < 4.78 is 25.9. The van der Waals surface area contributed by atoms with Crippen LogP contribution in [0.1, 0.15) is 25.0 Å². The van der Waals surface area contributed by atoms with Gasteiger partial charge in [0, 0.05) is 25.0 Å². The van der Waals surface area contributed by atoms with Gasteiger partial charge in [0.25, 0.3) is 0 Å². The van der Waals surface area contributed by atoms with Crippen molar-refractivity contribution in [3.05, 3.63) is 71.8 Å². The van der Waals surface area contributed by atoms with Crippen LogP contribution in [0.2, 0.25) is 0 Å². The number of aliphatic hydroxyl groups is 2. The first-order chi connectivity index (χ1) is 13.5. The average molecular weight is 420 g/mol. The maximum Gasteiger partial charge on any atom is 0.219 e. The van der Waals surface area contributed by atoms with E-state index in [1.165, 1.54) is 24.3 Å². The second-order valence-corrected chi connectivity index (χ2v) is 8.91. The van der Waals surface area contributed by atoms with E-state index in [0.29, 0.717) is 0 Å². The smallest absolute Gasteiger partial charge is 0.219 e. The monoisotopic (exact) mass is 420 g/mol. The van der Waals surface area contributed by atoms with Gasteiger partial charge in [-0.2, -0.15) is 0 Å². The molecule has 156 valence electrons. The number of sulfone groups is 1. The van der Waals surface area contributed by atoms with Crippen LogP contribution in [0.5, 0.6) is 0 Å². The van der Waals surface area contributed by atoms with Crippen LogP contribution in [0.4, 0.5) is 0 Å². The molecule has 0 saturated carbocycles. The van der Waals surface area contributed by atoms with Crippen molar-refractivity contribution in [2.45, 2.75) is 25.3 Å². The zero-order valence-electron chi connectivity index (χ0n) is 16.1. The van der Waals surface area contributed by atoms with E-state index in [-0.39, 0.29) is 11.1 Å². The van der Waals surface area contributed by atoms with Crippen LogP contribution in [0, 0.1) is 0 Å². The van der Waals surface area contributed by atoms with Gasteiger partial charge >= 0.3 is 0 Å². The molecule has 0 aliphatic heterocycles. The Morgan fingerprint density at radius 3 is 1.34 bits per heavy atom. The minimum Gasteiger partial charge on any atom is -0.366 e. The van der Waals surface area contributed by atoms with Crippen molar-refractivity contribution >= 4 is 21.7 Å². The van der Waals surface area contributed by atoms with E-state index in [0.717, 1.165) is 13.8 Å². The lowest BCUT2D eigenvalue weighted by Gasteiger charge is -2.32. The Morgan fingerprint density at radius 2 is 1.07 bits per heavy atom. The normalized spacial score (nSPS) is 15.6. The van der Waals surface area contributed by atoms with E-state index < -0.39 is 44.6 Å². The van der Waals surface area contributed by atoms with E-state index in [9.17, 15) is 28.2 Å². The van der Waals surface area contributed by atoms with Crippen LogP contribution in [0.25, 0.3) is 0 Å². The average Bonchev–Trinajstić information content (AvgIpc) is 2.60. The molecule has 0 bridgehead atoms. The molecule has 9 heteroatoms. The molecule has 2 aromatic carbocycles. The number of nitrogens with one attached hydrogen (secondary N) is 2. The summed E-state index contributed by atoms with van der Waals surface area (Å²) in [5, 5.41) is 26.4. The summed E-state index contributed by atoms with van der Waals surface area (Å²) in [5.41, 5.74) is -4.08. The van der Waals surface area contributed by atoms with Crippen molar-refractivity contribution in [2.24, 2.45) is 0 Å². The SMILES string of the molecule is CC(=O)NC(O)(CS(=O)(=O)CC(O)(NC(C)=O)c1ccccc1)c1ccccc1. The minimum atomic E-state index is -4.21. The number of benzene rings is 2. The molecule has 0 aliphatic rings. The number of rotatable bonds is 8. The Morgan fingerprint density at radius 1 is 0.759 bits per heavy atom. The Hall–Kier alpha value is -2.75. The number of carbonyl (C=O) groups is 2. The van der Waals surface area contributed by atoms with Crippen molar-refractivity contribution in [2.75, 3.05) is 11.5 Å². The lowest BCUT2D eigenvalue weighted by atomic mass is 10.0. The number of hydrogen-bond acceptors (Lipinski definition) is 6. The first-order valence-electron chi connectivity index (χ1n) is 8.79. The van der Waals surface area contributed by atoms with Gasteiger partial charge in [-0.3, -0.25) is 9.59 Å². The third kappa shape index (κ3) is 6.11. The highest BCUT2D eigenvalue weighted by molar-refractivity contribution is 7.91. The molecule has 8 nitrogen and oxygen atoms in total. The predicted molar refractivity (Wildman–Crippen MR) is 107 cm³/mol. The van der Waals surface area contributed by atoms with Gasteiger partial charge in [-0.1, -0.05) is 60.7 Å². The van der Waals surface area contributed by atoms with Gasteiger partial charge in [0.05, 0.1) is 0 Å². The summed E-state index contributed by atoms with van der Waals surface area (Å²) in [6, 6.07) is 15.6. The van der Waals surface area contributed by atoms with Gasteiger partial charge < -0.3 is 20.8 Å². The summed E-state index contributed by atoms with van der Waals surface area (Å²) in [6.07, 6.45) is 0. The molecule has 2 aromatic rings. The van der Waals surface area contributed by atoms with Crippen molar-refractivity contribution < 1.29 is 28.2 Å². The van der Waals surface area contributed by atoms with Crippen LogP contribution in [-0.2, 0) is 30.9 Å². The Kier molecular flexibility index (Phi) is 6.78. The highest BCUT2D eigenvalue weighted by atomic mass is 32.2. The molecule has 0 heterocycles. The maximum atomic E-state index is 12.9. The second kappa shape index (κ2) is 8.73. The fourth-order valence-corrected chi connectivity index (χ4v) is 4.93. The quantitative estimate of drug-likeness (QED) is 0.456. The van der Waals surface area contributed by atoms with Crippen LogP contribution in [0.15, 0.2) is 60.7 Å². The van der Waals surface area contributed by atoms with E-state index in [4.69, 9.17) is 0 Å². The highest BCUT2D eigenvalue weighted by Crippen LogP contribution is 2.25. The molecule has 0 fully saturated rings. The van der Waals surface area contributed by atoms with Crippen LogP contribution in [-0.4, -0.2) is 42.0 Å². The minimum absolute atomic E-state index is 0.168. The topological polar surface area (TPSA) is 133 Å². The van der Waals surface area contributed by atoms with Gasteiger partial charge in [-0.15, -0.1) is 0 Å². The zero-order valence-corrected chi connectivity index (χ0v) is 16.9. The fourth-order valence-electron chi connectivity index (χ4n) is 3.08. The predicted octanol–water partition coefficient (Wildman–Crippen LogP) is 0.364. The third-order valence-electron chi connectivity index (χ3n) is 4.13. The van der Waals surface area contributed by atoms with Crippen molar-refractivity contribution in [1.29, 1.82) is 0 Å². The lowest BCUT2D eigenvalue weighted by molar-refractivity contribution is -0.126. The largest absolute Gasteiger partial charge is 0.366 e. The van der Waals surface area contributed by atoms with E-state index in [2.05, 4.69) is 10.6 Å². The standard InChI is InChI=1S/C20H24N2O6S/c1-15(23)21-19(25,17-9-5-3-6-10-17)13-29(27,28)14-20(26,22-16(2)24)18-11-7-4-8-12-18/h3-12,25-26H,13-14H2,1-2H3,(H,21,23)(H,22,24). The van der Waals surface area contributed by atoms with Gasteiger partial charge in [0.2, 0.25) is 11.8 Å². The van der Waals surface area contributed by atoms with Gasteiger partial charge in [-0.05, 0) is 0 Å². The number of carbonyl (C=O) groups excluding carboxylic acids is 2. The molecule has 0 aliphatic carbocycles. The van der Waals surface area contributed by atoms with Crippen molar-refractivity contribution in [3.8, 4) is 0 Å². The first kappa shape index (κ1) is 22.5. The lowest BCUT2D eigenvalue weighted by Crippen LogP contribution is -2.54. The third-order valence-corrected chi connectivity index (χ3v) is 5.84. The van der Waals surface area contributed by atoms with Crippen molar-refractivity contribution in [3.63, 3.8) is 0 Å². The molecule has 2 unspecified atom stereocenters. The first-order valence-corrected chi connectivity index (χ1v) is 10.6. The maximum absolute atomic E-state index is 12.9. The Bertz CT molecular complexity index is 891. The van der Waals surface area contributed by atoms with Crippen molar-refractivity contribution in [1.82, 2.24) is 10.6 Å². The van der Waals surface area contributed by atoms with E-state index >= 15 is 0 Å². The molecule has 0 aromatic heterocycles. The summed E-state index contributed by atoms with van der Waals surface area (Å²) in [6.45, 7) is 2.30. The van der Waals surface area contributed by atoms with Crippen LogP contribution in [0.3, 0.4) is 0 Å².